The van der Waals surface area contributed by atoms with Gasteiger partial charge in [-0.05, 0) is 36.1 Å². The minimum absolute atomic E-state index is 0.177. The first-order valence-corrected chi connectivity index (χ1v) is 9.21. The van der Waals surface area contributed by atoms with Crippen LogP contribution in [0.3, 0.4) is 0 Å². The van der Waals surface area contributed by atoms with Gasteiger partial charge in [0.25, 0.3) is 0 Å². The van der Waals surface area contributed by atoms with E-state index in [2.05, 4.69) is 0 Å². The van der Waals surface area contributed by atoms with E-state index in [0.717, 1.165) is 31.5 Å². The molecule has 148 valence electrons. The topological polar surface area (TPSA) is 48.0 Å². The van der Waals surface area contributed by atoms with Gasteiger partial charge in [0.05, 0.1) is 26.2 Å². The Balaban J connectivity index is 1.77. The number of esters is 1. The molecule has 0 unspecified atom stereocenters. The van der Waals surface area contributed by atoms with Crippen molar-refractivity contribution in [2.24, 2.45) is 0 Å². The number of hydrogen-bond donors (Lipinski definition) is 0. The smallest absolute Gasteiger partial charge is 0.341 e. The number of benzene rings is 2. The SMILES string of the molecule is COC=C(C(=O)OC)c1ccccc1COc1ccc(N2CCCC2)c(F)c1. The van der Waals surface area contributed by atoms with E-state index in [1.54, 1.807) is 18.2 Å². The van der Waals surface area contributed by atoms with Crippen molar-refractivity contribution >= 4 is 17.2 Å². The van der Waals surface area contributed by atoms with Crippen LogP contribution in [-0.2, 0) is 20.9 Å². The lowest BCUT2D eigenvalue weighted by Crippen LogP contribution is -2.18. The summed E-state index contributed by atoms with van der Waals surface area (Å²) in [6.07, 6.45) is 3.52. The molecule has 0 amide bonds. The summed E-state index contributed by atoms with van der Waals surface area (Å²) in [5, 5.41) is 0. The number of carbonyl (C=O) groups excluding carboxylic acids is 1. The molecule has 2 aromatic carbocycles. The number of ether oxygens (including phenoxy) is 3. The van der Waals surface area contributed by atoms with Crippen LogP contribution >= 0.6 is 0 Å². The van der Waals surface area contributed by atoms with Gasteiger partial charge in [0.1, 0.15) is 23.7 Å². The van der Waals surface area contributed by atoms with Crippen molar-refractivity contribution in [1.29, 1.82) is 0 Å². The zero-order valence-corrected chi connectivity index (χ0v) is 16.1. The second-order valence-corrected chi connectivity index (χ2v) is 6.51. The maximum absolute atomic E-state index is 14.5. The summed E-state index contributed by atoms with van der Waals surface area (Å²) >= 11 is 0. The Bertz CT molecular complexity index is 859. The number of rotatable bonds is 7. The van der Waals surface area contributed by atoms with Gasteiger partial charge in [-0.3, -0.25) is 0 Å². The van der Waals surface area contributed by atoms with Crippen LogP contribution < -0.4 is 9.64 Å². The number of methoxy groups -OCH3 is 2. The highest BCUT2D eigenvalue weighted by Gasteiger charge is 2.18. The number of halogens is 1. The zero-order chi connectivity index (χ0) is 19.9. The molecule has 28 heavy (non-hydrogen) atoms. The Morgan fingerprint density at radius 1 is 1.14 bits per heavy atom. The predicted molar refractivity (Wildman–Crippen MR) is 106 cm³/mol. The van der Waals surface area contributed by atoms with Crippen LogP contribution in [0.15, 0.2) is 48.7 Å². The third kappa shape index (κ3) is 4.44. The first kappa shape index (κ1) is 19.7. The second-order valence-electron chi connectivity index (χ2n) is 6.51. The van der Waals surface area contributed by atoms with Gasteiger partial charge in [0, 0.05) is 19.2 Å². The van der Waals surface area contributed by atoms with Gasteiger partial charge < -0.3 is 19.1 Å². The fraction of sp³-hybridized carbons (Fsp3) is 0.318. The molecule has 0 saturated carbocycles. The Hall–Kier alpha value is -3.02. The minimum Gasteiger partial charge on any atom is -0.503 e. The predicted octanol–water partition coefficient (Wildman–Crippen LogP) is 4.17. The molecule has 1 fully saturated rings. The summed E-state index contributed by atoms with van der Waals surface area (Å²) in [4.78, 5) is 14.1. The lowest BCUT2D eigenvalue weighted by Gasteiger charge is -2.19. The van der Waals surface area contributed by atoms with Crippen LogP contribution in [0, 0.1) is 5.82 Å². The molecular formula is C22H24FNO4. The lowest BCUT2D eigenvalue weighted by molar-refractivity contribution is -0.133. The molecule has 5 nitrogen and oxygen atoms in total. The molecule has 1 heterocycles. The van der Waals surface area contributed by atoms with Crippen molar-refractivity contribution in [3.63, 3.8) is 0 Å². The van der Waals surface area contributed by atoms with Crippen LogP contribution in [0.25, 0.3) is 5.57 Å². The first-order valence-electron chi connectivity index (χ1n) is 9.21. The molecule has 0 radical (unpaired) electrons. The highest BCUT2D eigenvalue weighted by molar-refractivity contribution is 6.16. The Kier molecular flexibility index (Phi) is 6.53. The number of anilines is 1. The van der Waals surface area contributed by atoms with Crippen molar-refractivity contribution in [2.45, 2.75) is 19.4 Å². The van der Waals surface area contributed by atoms with Crippen LogP contribution in [0.2, 0.25) is 0 Å². The molecular weight excluding hydrogens is 361 g/mol. The highest BCUT2D eigenvalue weighted by atomic mass is 19.1. The van der Waals surface area contributed by atoms with Gasteiger partial charge in [-0.25, -0.2) is 9.18 Å². The summed E-state index contributed by atoms with van der Waals surface area (Å²) in [7, 11) is 2.78. The number of carbonyl (C=O) groups is 1. The van der Waals surface area contributed by atoms with E-state index < -0.39 is 5.97 Å². The van der Waals surface area contributed by atoms with Gasteiger partial charge in [0.2, 0.25) is 0 Å². The average Bonchev–Trinajstić information content (AvgIpc) is 3.25. The second kappa shape index (κ2) is 9.26. The number of hydrogen-bond acceptors (Lipinski definition) is 5. The van der Waals surface area contributed by atoms with Crippen LogP contribution in [0.5, 0.6) is 5.75 Å². The summed E-state index contributed by atoms with van der Waals surface area (Å²) in [5.74, 6) is -0.358. The van der Waals surface area contributed by atoms with Gasteiger partial charge >= 0.3 is 5.97 Å². The van der Waals surface area contributed by atoms with Crippen molar-refractivity contribution < 1.29 is 23.4 Å². The maximum atomic E-state index is 14.5. The third-order valence-electron chi connectivity index (χ3n) is 4.71. The lowest BCUT2D eigenvalue weighted by atomic mass is 10.0. The summed E-state index contributed by atoms with van der Waals surface area (Å²) in [5.41, 5.74) is 2.31. The molecule has 6 heteroatoms. The van der Waals surface area contributed by atoms with Gasteiger partial charge in [-0.15, -0.1) is 0 Å². The molecule has 0 atom stereocenters. The molecule has 0 bridgehead atoms. The van der Waals surface area contributed by atoms with Crippen LogP contribution in [0.1, 0.15) is 24.0 Å². The zero-order valence-electron chi connectivity index (χ0n) is 16.1. The van der Waals surface area contributed by atoms with Crippen molar-refractivity contribution in [3.05, 3.63) is 65.7 Å². The van der Waals surface area contributed by atoms with Gasteiger partial charge in [-0.2, -0.15) is 0 Å². The standard InChI is InChI=1S/C22H24FNO4/c1-26-15-19(22(25)27-2)18-8-4-3-7-16(18)14-28-17-9-10-21(20(23)13-17)24-11-5-6-12-24/h3-4,7-10,13,15H,5-6,11-12,14H2,1-2H3. The molecule has 1 aliphatic rings. The van der Waals surface area contributed by atoms with Crippen molar-refractivity contribution in [2.75, 3.05) is 32.2 Å². The van der Waals surface area contributed by atoms with Crippen molar-refractivity contribution in [3.8, 4) is 5.75 Å². The molecule has 1 saturated heterocycles. The van der Waals surface area contributed by atoms with Crippen LogP contribution in [0.4, 0.5) is 10.1 Å². The fourth-order valence-corrected chi connectivity index (χ4v) is 3.31. The van der Waals surface area contributed by atoms with Crippen molar-refractivity contribution in [1.82, 2.24) is 0 Å². The monoisotopic (exact) mass is 385 g/mol. The van der Waals surface area contributed by atoms with E-state index in [9.17, 15) is 9.18 Å². The number of nitrogens with zero attached hydrogens (tertiary/aromatic N) is 1. The average molecular weight is 385 g/mol. The largest absolute Gasteiger partial charge is 0.503 e. The molecule has 0 aromatic heterocycles. The van der Waals surface area contributed by atoms with E-state index in [1.165, 1.54) is 26.5 Å². The summed E-state index contributed by atoms with van der Waals surface area (Å²) < 4.78 is 30.1. The molecule has 0 aliphatic carbocycles. The first-order chi connectivity index (χ1) is 13.6. The summed E-state index contributed by atoms with van der Waals surface area (Å²) in [6, 6.07) is 12.2. The van der Waals surface area contributed by atoms with E-state index in [0.29, 0.717) is 22.6 Å². The minimum atomic E-state index is -0.504. The van der Waals surface area contributed by atoms with E-state index >= 15 is 0 Å². The van der Waals surface area contributed by atoms with E-state index in [4.69, 9.17) is 14.2 Å². The molecule has 2 aromatic rings. The fourth-order valence-electron chi connectivity index (χ4n) is 3.31. The summed E-state index contributed by atoms with van der Waals surface area (Å²) in [6.45, 7) is 1.94. The quantitative estimate of drug-likeness (QED) is 0.407. The third-order valence-corrected chi connectivity index (χ3v) is 4.71. The van der Waals surface area contributed by atoms with Crippen LogP contribution in [-0.4, -0.2) is 33.3 Å². The molecule has 3 rings (SSSR count). The van der Waals surface area contributed by atoms with Gasteiger partial charge in [-0.1, -0.05) is 24.3 Å². The molecule has 0 N–H and O–H groups in total. The van der Waals surface area contributed by atoms with E-state index in [1.807, 2.05) is 23.1 Å². The van der Waals surface area contributed by atoms with Gasteiger partial charge in [0.15, 0.2) is 0 Å². The Labute approximate surface area is 164 Å². The normalized spacial score (nSPS) is 14.1. The maximum Gasteiger partial charge on any atom is 0.341 e. The Morgan fingerprint density at radius 2 is 1.89 bits per heavy atom. The molecule has 1 aliphatic heterocycles. The van der Waals surface area contributed by atoms with E-state index in [-0.39, 0.29) is 12.4 Å². The molecule has 0 spiro atoms. The Morgan fingerprint density at radius 3 is 2.57 bits per heavy atom. The highest BCUT2D eigenvalue weighted by Crippen LogP contribution is 2.28.